The Bertz CT molecular complexity index is 291. The van der Waals surface area contributed by atoms with Gasteiger partial charge in [0.2, 0.25) is 0 Å². The van der Waals surface area contributed by atoms with Crippen LogP contribution in [0.4, 0.5) is 10.1 Å². The van der Waals surface area contributed by atoms with Gasteiger partial charge in [0.1, 0.15) is 11.6 Å². The van der Waals surface area contributed by atoms with E-state index in [9.17, 15) is 4.39 Å². The Kier molecular flexibility index (Phi) is 4.19. The van der Waals surface area contributed by atoms with E-state index in [2.05, 4.69) is 0 Å². The first-order chi connectivity index (χ1) is 6.74. The zero-order valence-electron chi connectivity index (χ0n) is 8.13. The third kappa shape index (κ3) is 3.22. The molecule has 0 saturated carbocycles. The molecule has 0 aliphatic heterocycles. The number of nitrogens with two attached hydrogens (primary N) is 1. The summed E-state index contributed by atoms with van der Waals surface area (Å²) in [6, 6.07) is 4.07. The van der Waals surface area contributed by atoms with Gasteiger partial charge in [0.05, 0.1) is 12.3 Å². The van der Waals surface area contributed by atoms with Crippen molar-refractivity contribution < 1.29 is 13.9 Å². The number of benzene rings is 1. The lowest BCUT2D eigenvalue weighted by atomic mass is 10.3. The Morgan fingerprint density at radius 1 is 1.36 bits per heavy atom. The summed E-state index contributed by atoms with van der Waals surface area (Å²) < 4.78 is 22.9. The number of nitrogen functional groups attached to an aromatic ring is 1. The van der Waals surface area contributed by atoms with Crippen LogP contribution < -0.4 is 10.5 Å². The molecule has 0 saturated heterocycles. The fourth-order valence-electron chi connectivity index (χ4n) is 1.02. The molecule has 3 nitrogen and oxygen atoms in total. The number of methoxy groups -OCH3 is 1. The Labute approximate surface area is 82.6 Å². The summed E-state index contributed by atoms with van der Waals surface area (Å²) in [7, 11) is 1.62. The summed E-state index contributed by atoms with van der Waals surface area (Å²) in [4.78, 5) is 0. The fourth-order valence-corrected chi connectivity index (χ4v) is 1.02. The maximum atomic E-state index is 12.8. The molecule has 2 N–H and O–H groups in total. The Morgan fingerprint density at radius 3 is 2.86 bits per heavy atom. The van der Waals surface area contributed by atoms with E-state index in [1.165, 1.54) is 18.2 Å². The molecule has 4 heteroatoms. The molecule has 0 aliphatic rings. The topological polar surface area (TPSA) is 44.5 Å². The van der Waals surface area contributed by atoms with Crippen molar-refractivity contribution in [3.8, 4) is 5.75 Å². The first-order valence-corrected chi connectivity index (χ1v) is 4.41. The van der Waals surface area contributed by atoms with E-state index in [4.69, 9.17) is 15.2 Å². The largest absolute Gasteiger partial charge is 0.491 e. The number of hydrogen-bond donors (Lipinski definition) is 1. The minimum absolute atomic E-state index is 0.346. The van der Waals surface area contributed by atoms with Crippen molar-refractivity contribution in [1.82, 2.24) is 0 Å². The summed E-state index contributed by atoms with van der Waals surface area (Å²) in [6.07, 6.45) is 0.756. The number of halogens is 1. The van der Waals surface area contributed by atoms with Crippen molar-refractivity contribution in [3.63, 3.8) is 0 Å². The minimum Gasteiger partial charge on any atom is -0.491 e. The normalized spacial score (nSPS) is 10.1. The molecule has 0 unspecified atom stereocenters. The average Bonchev–Trinajstić information content (AvgIpc) is 2.18. The van der Waals surface area contributed by atoms with E-state index in [0.29, 0.717) is 24.7 Å². The van der Waals surface area contributed by atoms with Gasteiger partial charge in [-0.2, -0.15) is 0 Å². The molecule has 0 amide bonds. The highest BCUT2D eigenvalue weighted by Gasteiger charge is 2.01. The van der Waals surface area contributed by atoms with Gasteiger partial charge in [0, 0.05) is 26.2 Å². The van der Waals surface area contributed by atoms with Crippen LogP contribution in [0.5, 0.6) is 5.75 Å². The third-order valence-electron chi connectivity index (χ3n) is 1.73. The molecule has 1 aromatic rings. The van der Waals surface area contributed by atoms with Crippen molar-refractivity contribution >= 4 is 5.69 Å². The van der Waals surface area contributed by atoms with Gasteiger partial charge in [-0.25, -0.2) is 4.39 Å². The number of rotatable bonds is 5. The van der Waals surface area contributed by atoms with Crippen LogP contribution in [0.2, 0.25) is 0 Å². The van der Waals surface area contributed by atoms with Gasteiger partial charge in [-0.15, -0.1) is 0 Å². The maximum Gasteiger partial charge on any atom is 0.145 e. The summed E-state index contributed by atoms with van der Waals surface area (Å²) in [5.74, 6) is 0.0436. The van der Waals surface area contributed by atoms with Crippen LogP contribution in [-0.4, -0.2) is 20.3 Å². The van der Waals surface area contributed by atoms with Crippen molar-refractivity contribution in [1.29, 1.82) is 0 Å². The number of anilines is 1. The van der Waals surface area contributed by atoms with E-state index in [-0.39, 0.29) is 5.82 Å². The molecule has 0 aromatic heterocycles. The van der Waals surface area contributed by atoms with E-state index >= 15 is 0 Å². The molecule has 0 fully saturated rings. The Hall–Kier alpha value is -1.29. The van der Waals surface area contributed by atoms with Crippen molar-refractivity contribution in [3.05, 3.63) is 24.0 Å². The molecule has 0 radical (unpaired) electrons. The lowest BCUT2D eigenvalue weighted by Gasteiger charge is -2.08. The Balaban J connectivity index is 2.45. The van der Waals surface area contributed by atoms with Crippen LogP contribution in [0.1, 0.15) is 6.42 Å². The lowest BCUT2D eigenvalue weighted by molar-refractivity contribution is 0.172. The van der Waals surface area contributed by atoms with Crippen molar-refractivity contribution in [2.24, 2.45) is 0 Å². The molecule has 14 heavy (non-hydrogen) atoms. The number of hydrogen-bond acceptors (Lipinski definition) is 3. The van der Waals surface area contributed by atoms with Gasteiger partial charge < -0.3 is 15.2 Å². The summed E-state index contributed by atoms with van der Waals surface area (Å²) >= 11 is 0. The van der Waals surface area contributed by atoms with E-state index in [1.54, 1.807) is 7.11 Å². The van der Waals surface area contributed by atoms with E-state index in [1.807, 2.05) is 0 Å². The predicted molar refractivity (Wildman–Crippen MR) is 52.8 cm³/mol. The molecule has 1 rings (SSSR count). The second-order valence-electron chi connectivity index (χ2n) is 2.88. The molecule has 0 atom stereocenters. The van der Waals surface area contributed by atoms with Gasteiger partial charge in [-0.1, -0.05) is 0 Å². The molecule has 78 valence electrons. The van der Waals surface area contributed by atoms with Crippen LogP contribution in [0, 0.1) is 5.82 Å². The molecular formula is C10H14FNO2. The maximum absolute atomic E-state index is 12.8. The van der Waals surface area contributed by atoms with Crippen LogP contribution in [0.3, 0.4) is 0 Å². The fraction of sp³-hybridized carbons (Fsp3) is 0.400. The molecule has 0 spiro atoms. The Morgan fingerprint density at radius 2 is 2.14 bits per heavy atom. The highest BCUT2D eigenvalue weighted by atomic mass is 19.1. The summed E-state index contributed by atoms with van der Waals surface area (Å²) in [5.41, 5.74) is 6.03. The van der Waals surface area contributed by atoms with Gasteiger partial charge in [-0.3, -0.25) is 0 Å². The van der Waals surface area contributed by atoms with Crippen LogP contribution in [0.25, 0.3) is 0 Å². The molecule has 1 aromatic carbocycles. The second kappa shape index (κ2) is 5.44. The third-order valence-corrected chi connectivity index (χ3v) is 1.73. The molecule has 0 aliphatic carbocycles. The zero-order chi connectivity index (χ0) is 10.4. The first kappa shape index (κ1) is 10.8. The van der Waals surface area contributed by atoms with Crippen LogP contribution in [0.15, 0.2) is 18.2 Å². The van der Waals surface area contributed by atoms with Gasteiger partial charge >= 0.3 is 0 Å². The zero-order valence-corrected chi connectivity index (χ0v) is 8.13. The minimum atomic E-state index is -0.346. The average molecular weight is 199 g/mol. The summed E-state index contributed by atoms with van der Waals surface area (Å²) in [5, 5.41) is 0. The molecule has 0 bridgehead atoms. The molecular weight excluding hydrogens is 185 g/mol. The van der Waals surface area contributed by atoms with Crippen LogP contribution >= 0.6 is 0 Å². The van der Waals surface area contributed by atoms with Gasteiger partial charge in [0.15, 0.2) is 0 Å². The highest BCUT2D eigenvalue weighted by molar-refractivity contribution is 5.52. The standard InChI is InChI=1S/C10H14FNO2/c1-13-5-2-6-14-10-7-8(11)3-4-9(10)12/h3-4,7H,2,5-6,12H2,1H3. The first-order valence-electron chi connectivity index (χ1n) is 4.41. The molecule has 0 heterocycles. The highest BCUT2D eigenvalue weighted by Crippen LogP contribution is 2.21. The number of ether oxygens (including phenoxy) is 2. The van der Waals surface area contributed by atoms with Gasteiger partial charge in [-0.05, 0) is 12.1 Å². The van der Waals surface area contributed by atoms with Crippen molar-refractivity contribution in [2.45, 2.75) is 6.42 Å². The summed E-state index contributed by atoms with van der Waals surface area (Å²) in [6.45, 7) is 1.09. The van der Waals surface area contributed by atoms with E-state index < -0.39 is 0 Å². The SMILES string of the molecule is COCCCOc1cc(F)ccc1N. The lowest BCUT2D eigenvalue weighted by Crippen LogP contribution is -2.03. The van der Waals surface area contributed by atoms with Crippen molar-refractivity contribution in [2.75, 3.05) is 26.1 Å². The van der Waals surface area contributed by atoms with E-state index in [0.717, 1.165) is 6.42 Å². The predicted octanol–water partition coefficient (Wildman–Crippen LogP) is 1.82. The quantitative estimate of drug-likeness (QED) is 0.581. The van der Waals surface area contributed by atoms with Gasteiger partial charge in [0.25, 0.3) is 0 Å². The second-order valence-corrected chi connectivity index (χ2v) is 2.88. The smallest absolute Gasteiger partial charge is 0.145 e. The van der Waals surface area contributed by atoms with Crippen LogP contribution in [-0.2, 0) is 4.74 Å². The monoisotopic (exact) mass is 199 g/mol.